The summed E-state index contributed by atoms with van der Waals surface area (Å²) in [4.78, 5) is 20.9. The van der Waals surface area contributed by atoms with Crippen LogP contribution in [0.15, 0.2) is 6.20 Å². The van der Waals surface area contributed by atoms with E-state index >= 15 is 0 Å². The van der Waals surface area contributed by atoms with E-state index in [0.717, 1.165) is 17.7 Å². The average molecular weight is 259 g/mol. The number of carbonyl (C=O) groups is 1. The van der Waals surface area contributed by atoms with Gasteiger partial charge in [0.2, 0.25) is 5.95 Å². The predicted octanol–water partition coefficient (Wildman–Crippen LogP) is 2.99. The van der Waals surface area contributed by atoms with Crippen LogP contribution in [0.1, 0.15) is 62.0 Å². The molecule has 1 saturated carbocycles. The molecular formula is C15H21N3O. The van der Waals surface area contributed by atoms with E-state index in [0.29, 0.717) is 18.4 Å². The van der Waals surface area contributed by atoms with Crippen LogP contribution in [0.3, 0.4) is 0 Å². The van der Waals surface area contributed by atoms with Crippen molar-refractivity contribution in [3.05, 3.63) is 17.5 Å². The second-order valence-electron chi connectivity index (χ2n) is 6.62. The first-order chi connectivity index (χ1) is 9.03. The van der Waals surface area contributed by atoms with Crippen LogP contribution in [0.4, 0.5) is 5.95 Å². The standard InChI is InChI=1S/C15H21N3O/c1-15(2)7-12-11(13(19)8-15)9-16-14(18-12)17-10-5-3-4-6-10/h9-10H,3-8H2,1-2H3,(H,16,17,18). The first-order valence-corrected chi connectivity index (χ1v) is 7.19. The number of rotatable bonds is 2. The monoisotopic (exact) mass is 259 g/mol. The lowest BCUT2D eigenvalue weighted by molar-refractivity contribution is 0.0910. The van der Waals surface area contributed by atoms with Gasteiger partial charge in [0.1, 0.15) is 0 Å². The average Bonchev–Trinajstić information content (AvgIpc) is 2.79. The summed E-state index contributed by atoms with van der Waals surface area (Å²) in [6.45, 7) is 4.25. The molecule has 0 saturated heterocycles. The molecule has 2 aliphatic rings. The summed E-state index contributed by atoms with van der Waals surface area (Å²) in [5.74, 6) is 0.870. The van der Waals surface area contributed by atoms with Crippen LogP contribution in [0.25, 0.3) is 0 Å². The van der Waals surface area contributed by atoms with Gasteiger partial charge in [-0.25, -0.2) is 9.97 Å². The maximum absolute atomic E-state index is 12.1. The zero-order valence-electron chi connectivity index (χ0n) is 11.7. The van der Waals surface area contributed by atoms with E-state index in [1.54, 1.807) is 6.20 Å². The number of fused-ring (bicyclic) bond motifs is 1. The normalized spacial score (nSPS) is 22.3. The number of carbonyl (C=O) groups excluding carboxylic acids is 1. The number of hydrogen-bond acceptors (Lipinski definition) is 4. The van der Waals surface area contributed by atoms with Crippen molar-refractivity contribution in [2.45, 2.75) is 58.4 Å². The Bertz CT molecular complexity index is 504. The van der Waals surface area contributed by atoms with Crippen LogP contribution in [0.2, 0.25) is 0 Å². The van der Waals surface area contributed by atoms with E-state index in [1.165, 1.54) is 25.7 Å². The third-order valence-electron chi connectivity index (χ3n) is 4.14. The van der Waals surface area contributed by atoms with E-state index in [-0.39, 0.29) is 11.2 Å². The lowest BCUT2D eigenvalue weighted by Crippen LogP contribution is -2.29. The maximum Gasteiger partial charge on any atom is 0.223 e. The van der Waals surface area contributed by atoms with Crippen molar-refractivity contribution in [2.24, 2.45) is 5.41 Å². The highest BCUT2D eigenvalue weighted by atomic mass is 16.1. The fourth-order valence-electron chi connectivity index (χ4n) is 3.15. The molecule has 0 atom stereocenters. The van der Waals surface area contributed by atoms with Crippen molar-refractivity contribution in [3.63, 3.8) is 0 Å². The molecule has 0 bridgehead atoms. The van der Waals surface area contributed by atoms with Crippen LogP contribution < -0.4 is 5.32 Å². The number of Topliss-reactive ketones (excluding diaryl/α,β-unsaturated/α-hetero) is 1. The maximum atomic E-state index is 12.1. The van der Waals surface area contributed by atoms with Gasteiger partial charge in [-0.2, -0.15) is 0 Å². The predicted molar refractivity (Wildman–Crippen MR) is 74.3 cm³/mol. The van der Waals surface area contributed by atoms with E-state index in [1.807, 2.05) is 0 Å². The van der Waals surface area contributed by atoms with Gasteiger partial charge in [-0.3, -0.25) is 4.79 Å². The molecule has 0 amide bonds. The molecule has 4 heteroatoms. The third kappa shape index (κ3) is 2.62. The highest BCUT2D eigenvalue weighted by molar-refractivity contribution is 5.98. The molecule has 3 rings (SSSR count). The van der Waals surface area contributed by atoms with Crippen molar-refractivity contribution in [2.75, 3.05) is 5.32 Å². The van der Waals surface area contributed by atoms with Crippen molar-refractivity contribution in [1.82, 2.24) is 9.97 Å². The van der Waals surface area contributed by atoms with Crippen LogP contribution >= 0.6 is 0 Å². The van der Waals surface area contributed by atoms with Crippen molar-refractivity contribution in [3.8, 4) is 0 Å². The quantitative estimate of drug-likeness (QED) is 0.887. The molecule has 2 aliphatic carbocycles. The molecule has 0 aliphatic heterocycles. The summed E-state index contributed by atoms with van der Waals surface area (Å²) in [5, 5.41) is 3.40. The second-order valence-corrected chi connectivity index (χ2v) is 6.62. The van der Waals surface area contributed by atoms with Gasteiger partial charge >= 0.3 is 0 Å². The van der Waals surface area contributed by atoms with Crippen molar-refractivity contribution >= 4 is 11.7 Å². The SMILES string of the molecule is CC1(C)CC(=O)c2cnc(NC3CCCC3)nc2C1. The zero-order chi connectivity index (χ0) is 13.5. The number of nitrogens with one attached hydrogen (secondary N) is 1. The Morgan fingerprint density at radius 2 is 2.00 bits per heavy atom. The Hall–Kier alpha value is -1.45. The zero-order valence-corrected chi connectivity index (χ0v) is 11.7. The minimum atomic E-state index is 0.0169. The van der Waals surface area contributed by atoms with E-state index < -0.39 is 0 Å². The number of hydrogen-bond donors (Lipinski definition) is 1. The van der Waals surface area contributed by atoms with E-state index in [2.05, 4.69) is 29.1 Å². The molecule has 102 valence electrons. The van der Waals surface area contributed by atoms with Gasteiger partial charge in [0.25, 0.3) is 0 Å². The van der Waals surface area contributed by atoms with Gasteiger partial charge in [-0.05, 0) is 24.7 Å². The Kier molecular flexibility index (Phi) is 3.03. The number of anilines is 1. The molecule has 0 unspecified atom stereocenters. The molecule has 0 spiro atoms. The molecule has 1 fully saturated rings. The fraction of sp³-hybridized carbons (Fsp3) is 0.667. The molecule has 19 heavy (non-hydrogen) atoms. The summed E-state index contributed by atoms with van der Waals surface area (Å²) in [6.07, 6.45) is 8.13. The Balaban J connectivity index is 1.84. The molecular weight excluding hydrogens is 238 g/mol. The molecule has 1 aromatic rings. The fourth-order valence-corrected chi connectivity index (χ4v) is 3.15. The minimum Gasteiger partial charge on any atom is -0.351 e. The molecule has 1 heterocycles. The first kappa shape index (κ1) is 12.6. The smallest absolute Gasteiger partial charge is 0.223 e. The molecule has 1 aromatic heterocycles. The van der Waals surface area contributed by atoms with E-state index in [4.69, 9.17) is 0 Å². The van der Waals surface area contributed by atoms with Gasteiger partial charge in [0, 0.05) is 18.7 Å². The largest absolute Gasteiger partial charge is 0.351 e. The number of aromatic nitrogens is 2. The topological polar surface area (TPSA) is 54.9 Å². The van der Waals surface area contributed by atoms with Crippen molar-refractivity contribution in [1.29, 1.82) is 0 Å². The van der Waals surface area contributed by atoms with Crippen molar-refractivity contribution < 1.29 is 4.79 Å². The Morgan fingerprint density at radius 1 is 1.26 bits per heavy atom. The van der Waals surface area contributed by atoms with Gasteiger partial charge < -0.3 is 5.32 Å². The first-order valence-electron chi connectivity index (χ1n) is 7.19. The van der Waals surface area contributed by atoms with Gasteiger partial charge in [-0.15, -0.1) is 0 Å². The minimum absolute atomic E-state index is 0.0169. The summed E-state index contributed by atoms with van der Waals surface area (Å²) in [5.41, 5.74) is 1.65. The Morgan fingerprint density at radius 3 is 2.74 bits per heavy atom. The highest BCUT2D eigenvalue weighted by Crippen LogP contribution is 2.34. The lowest BCUT2D eigenvalue weighted by Gasteiger charge is -2.29. The van der Waals surface area contributed by atoms with Gasteiger partial charge in [-0.1, -0.05) is 26.7 Å². The number of nitrogens with zero attached hydrogens (tertiary/aromatic N) is 2. The summed E-state index contributed by atoms with van der Waals surface area (Å²) < 4.78 is 0. The lowest BCUT2D eigenvalue weighted by atomic mass is 9.76. The molecule has 0 radical (unpaired) electrons. The van der Waals surface area contributed by atoms with Crippen LogP contribution in [0.5, 0.6) is 0 Å². The number of ketones is 1. The second kappa shape index (κ2) is 4.58. The van der Waals surface area contributed by atoms with E-state index in [9.17, 15) is 4.79 Å². The highest BCUT2D eigenvalue weighted by Gasteiger charge is 2.32. The Labute approximate surface area is 114 Å². The van der Waals surface area contributed by atoms with Crippen LogP contribution in [0, 0.1) is 5.41 Å². The summed E-state index contributed by atoms with van der Waals surface area (Å²) >= 11 is 0. The third-order valence-corrected chi connectivity index (χ3v) is 4.14. The van der Waals surface area contributed by atoms with Gasteiger partial charge in [0.05, 0.1) is 11.3 Å². The van der Waals surface area contributed by atoms with Crippen LogP contribution in [-0.2, 0) is 6.42 Å². The molecule has 0 aromatic carbocycles. The summed E-state index contributed by atoms with van der Waals surface area (Å²) in [7, 11) is 0. The molecule has 4 nitrogen and oxygen atoms in total. The summed E-state index contributed by atoms with van der Waals surface area (Å²) in [6, 6.07) is 0.505. The molecule has 1 N–H and O–H groups in total. The van der Waals surface area contributed by atoms with Gasteiger partial charge in [0.15, 0.2) is 5.78 Å². The van der Waals surface area contributed by atoms with Crippen LogP contribution in [-0.4, -0.2) is 21.8 Å².